The average Bonchev–Trinajstić information content (AvgIpc) is 2.86. The number of rotatable bonds is 4. The van der Waals surface area contributed by atoms with Gasteiger partial charge in [0.1, 0.15) is 0 Å². The van der Waals surface area contributed by atoms with Gasteiger partial charge >= 0.3 is 0 Å². The van der Waals surface area contributed by atoms with Crippen LogP contribution in [0.15, 0.2) is 12.4 Å². The van der Waals surface area contributed by atoms with Crippen molar-refractivity contribution < 1.29 is 5.11 Å². The lowest BCUT2D eigenvalue weighted by atomic mass is 10.2. The fourth-order valence-electron chi connectivity index (χ4n) is 1.95. The number of aliphatic hydroxyl groups excluding tert-OH is 1. The summed E-state index contributed by atoms with van der Waals surface area (Å²) in [5, 5.41) is 17.9. The molecule has 0 bridgehead atoms. The van der Waals surface area contributed by atoms with Crippen molar-refractivity contribution in [3.63, 3.8) is 0 Å². The molecular weight excluding hydrogens is 216 g/mol. The summed E-state index contributed by atoms with van der Waals surface area (Å²) in [6, 6.07) is 0. The Labute approximate surface area is 101 Å². The van der Waals surface area contributed by atoms with Crippen molar-refractivity contribution in [1.29, 1.82) is 0 Å². The fourth-order valence-corrected chi connectivity index (χ4v) is 1.95. The largest absolute Gasteiger partial charge is 0.392 e. The summed E-state index contributed by atoms with van der Waals surface area (Å²) in [5.41, 5.74) is 3.97. The summed E-state index contributed by atoms with van der Waals surface area (Å²) in [4.78, 5) is 0. The van der Waals surface area contributed by atoms with E-state index >= 15 is 0 Å². The number of nitrogens with zero attached hydrogens (tertiary/aromatic N) is 4. The molecule has 0 saturated carbocycles. The van der Waals surface area contributed by atoms with Crippen molar-refractivity contribution in [3.8, 4) is 0 Å². The molecular formula is C12H18N4O. The Morgan fingerprint density at radius 3 is 2.65 bits per heavy atom. The molecule has 5 nitrogen and oxygen atoms in total. The second kappa shape index (κ2) is 4.71. The Balaban J connectivity index is 2.24. The molecule has 0 unspecified atom stereocenters. The number of aryl methyl sites for hydroxylation is 2. The van der Waals surface area contributed by atoms with Gasteiger partial charge in [0.2, 0.25) is 0 Å². The van der Waals surface area contributed by atoms with E-state index in [9.17, 15) is 5.11 Å². The molecule has 17 heavy (non-hydrogen) atoms. The van der Waals surface area contributed by atoms with Crippen LogP contribution in [-0.4, -0.2) is 24.7 Å². The van der Waals surface area contributed by atoms with Gasteiger partial charge in [-0.05, 0) is 20.8 Å². The molecule has 92 valence electrons. The summed E-state index contributed by atoms with van der Waals surface area (Å²) < 4.78 is 3.81. The summed E-state index contributed by atoms with van der Waals surface area (Å²) >= 11 is 0. The molecule has 0 saturated heterocycles. The molecule has 0 atom stereocenters. The van der Waals surface area contributed by atoms with Crippen LogP contribution in [0, 0.1) is 13.8 Å². The zero-order chi connectivity index (χ0) is 12.4. The third kappa shape index (κ3) is 2.24. The normalized spacial score (nSPS) is 11.1. The van der Waals surface area contributed by atoms with Crippen LogP contribution < -0.4 is 0 Å². The molecule has 0 fully saturated rings. The first-order valence-electron chi connectivity index (χ1n) is 5.80. The molecule has 0 aliphatic heterocycles. The zero-order valence-corrected chi connectivity index (χ0v) is 10.5. The van der Waals surface area contributed by atoms with E-state index in [4.69, 9.17) is 0 Å². The molecule has 2 aromatic rings. The first-order valence-corrected chi connectivity index (χ1v) is 5.80. The number of aromatic nitrogens is 4. The van der Waals surface area contributed by atoms with E-state index in [0.29, 0.717) is 6.54 Å². The topological polar surface area (TPSA) is 55.9 Å². The van der Waals surface area contributed by atoms with Gasteiger partial charge < -0.3 is 5.11 Å². The van der Waals surface area contributed by atoms with Crippen LogP contribution >= 0.6 is 0 Å². The minimum Gasteiger partial charge on any atom is -0.392 e. The molecule has 0 spiro atoms. The van der Waals surface area contributed by atoms with Crippen molar-refractivity contribution in [1.82, 2.24) is 19.6 Å². The maximum atomic E-state index is 9.25. The lowest BCUT2D eigenvalue weighted by molar-refractivity contribution is 0.280. The summed E-state index contributed by atoms with van der Waals surface area (Å²) in [5.74, 6) is 0. The third-order valence-electron chi connectivity index (χ3n) is 3.03. The van der Waals surface area contributed by atoms with Crippen LogP contribution in [0.2, 0.25) is 0 Å². The number of hydrogen-bond donors (Lipinski definition) is 1. The Hall–Kier alpha value is -1.62. The Kier molecular flexibility index (Phi) is 3.28. The monoisotopic (exact) mass is 234 g/mol. The molecule has 1 N–H and O–H groups in total. The molecule has 0 aliphatic rings. The van der Waals surface area contributed by atoms with E-state index in [0.717, 1.165) is 29.1 Å². The molecule has 0 aliphatic carbocycles. The van der Waals surface area contributed by atoms with Crippen LogP contribution in [0.1, 0.15) is 29.4 Å². The summed E-state index contributed by atoms with van der Waals surface area (Å²) in [6.45, 7) is 7.59. The van der Waals surface area contributed by atoms with Crippen molar-refractivity contribution in [2.75, 3.05) is 0 Å². The van der Waals surface area contributed by atoms with Gasteiger partial charge in [0.05, 0.1) is 25.0 Å². The first kappa shape index (κ1) is 11.9. The molecule has 5 heteroatoms. The summed E-state index contributed by atoms with van der Waals surface area (Å²) in [7, 11) is 0. The Morgan fingerprint density at radius 1 is 1.35 bits per heavy atom. The lowest BCUT2D eigenvalue weighted by Crippen LogP contribution is -2.03. The minimum atomic E-state index is 0.0475. The molecule has 0 amide bonds. The van der Waals surface area contributed by atoms with E-state index in [-0.39, 0.29) is 6.61 Å². The lowest BCUT2D eigenvalue weighted by Gasteiger charge is -2.02. The quantitative estimate of drug-likeness (QED) is 0.866. The van der Waals surface area contributed by atoms with Gasteiger partial charge in [-0.3, -0.25) is 9.36 Å². The van der Waals surface area contributed by atoms with Crippen LogP contribution in [0.25, 0.3) is 0 Å². The van der Waals surface area contributed by atoms with Crippen molar-refractivity contribution in [2.45, 2.75) is 40.5 Å². The van der Waals surface area contributed by atoms with Gasteiger partial charge in [-0.15, -0.1) is 0 Å². The van der Waals surface area contributed by atoms with E-state index in [1.807, 2.05) is 35.6 Å². The molecule has 2 aromatic heterocycles. The van der Waals surface area contributed by atoms with Gasteiger partial charge in [-0.1, -0.05) is 0 Å². The molecule has 2 heterocycles. The van der Waals surface area contributed by atoms with E-state index in [1.165, 1.54) is 0 Å². The first-order chi connectivity index (χ1) is 8.15. The minimum absolute atomic E-state index is 0.0475. The highest BCUT2D eigenvalue weighted by molar-refractivity contribution is 5.24. The van der Waals surface area contributed by atoms with Gasteiger partial charge in [0, 0.05) is 29.6 Å². The van der Waals surface area contributed by atoms with Gasteiger partial charge in [0.15, 0.2) is 0 Å². The Morgan fingerprint density at radius 2 is 2.12 bits per heavy atom. The van der Waals surface area contributed by atoms with Crippen molar-refractivity contribution in [2.24, 2.45) is 0 Å². The molecule has 0 aromatic carbocycles. The molecule has 2 rings (SSSR count). The number of aliphatic hydroxyl groups is 1. The van der Waals surface area contributed by atoms with Crippen molar-refractivity contribution >= 4 is 0 Å². The SMILES string of the molecule is CCn1cc(Cn2nc(C)c(CO)c2C)cn1. The Bertz CT molecular complexity index is 513. The van der Waals surface area contributed by atoms with Crippen LogP contribution in [0.4, 0.5) is 0 Å². The predicted octanol–water partition coefficient (Wildman–Crippen LogP) is 1.26. The second-order valence-corrected chi connectivity index (χ2v) is 4.17. The highest BCUT2D eigenvalue weighted by atomic mass is 16.3. The number of hydrogen-bond acceptors (Lipinski definition) is 3. The van der Waals surface area contributed by atoms with Crippen molar-refractivity contribution in [3.05, 3.63) is 34.9 Å². The van der Waals surface area contributed by atoms with Crippen LogP contribution in [0.3, 0.4) is 0 Å². The average molecular weight is 234 g/mol. The predicted molar refractivity (Wildman–Crippen MR) is 64.6 cm³/mol. The van der Waals surface area contributed by atoms with E-state index < -0.39 is 0 Å². The van der Waals surface area contributed by atoms with Crippen LogP contribution in [-0.2, 0) is 19.7 Å². The standard InChI is InChI=1S/C12H18N4O/c1-4-15-6-11(5-13-15)7-16-10(3)12(8-17)9(2)14-16/h5-6,17H,4,7-8H2,1-3H3. The maximum Gasteiger partial charge on any atom is 0.0718 e. The smallest absolute Gasteiger partial charge is 0.0718 e. The second-order valence-electron chi connectivity index (χ2n) is 4.17. The summed E-state index contributed by atoms with van der Waals surface area (Å²) in [6.07, 6.45) is 3.88. The van der Waals surface area contributed by atoms with Crippen LogP contribution in [0.5, 0.6) is 0 Å². The highest BCUT2D eigenvalue weighted by Crippen LogP contribution is 2.14. The van der Waals surface area contributed by atoms with Gasteiger partial charge in [0.25, 0.3) is 0 Å². The third-order valence-corrected chi connectivity index (χ3v) is 3.03. The zero-order valence-electron chi connectivity index (χ0n) is 10.5. The fraction of sp³-hybridized carbons (Fsp3) is 0.500. The maximum absolute atomic E-state index is 9.25. The van der Waals surface area contributed by atoms with E-state index in [1.54, 1.807) is 0 Å². The van der Waals surface area contributed by atoms with Gasteiger partial charge in [-0.2, -0.15) is 10.2 Å². The highest BCUT2D eigenvalue weighted by Gasteiger charge is 2.11. The molecule has 0 radical (unpaired) electrons. The van der Waals surface area contributed by atoms with Gasteiger partial charge in [-0.25, -0.2) is 0 Å². The van der Waals surface area contributed by atoms with E-state index in [2.05, 4.69) is 17.1 Å².